The number of aromatic nitrogens is 2. The van der Waals surface area contributed by atoms with E-state index in [1.165, 1.54) is 10.9 Å². The number of fused-ring (bicyclic) bond motifs is 1. The van der Waals surface area contributed by atoms with Crippen molar-refractivity contribution in [2.24, 2.45) is 5.10 Å². The highest BCUT2D eigenvalue weighted by molar-refractivity contribution is 9.11. The monoisotopic (exact) mass is 463 g/mol. The standard InChI is InChI=1S/C18H15Br2N3O2/c1-2-5-16-22-15-7-4-3-6-13(15)18(25)23(16)21-10-11-8-12(19)9-14(20)17(11)24/h3-4,6-10,24H,2,5H2,1H3/b21-10+. The summed E-state index contributed by atoms with van der Waals surface area (Å²) in [5.41, 5.74) is 0.929. The van der Waals surface area contributed by atoms with E-state index in [-0.39, 0.29) is 11.3 Å². The van der Waals surface area contributed by atoms with Gasteiger partial charge in [0.25, 0.3) is 5.56 Å². The SMILES string of the molecule is CCCc1nc2ccccc2c(=O)n1/N=C/c1cc(Br)cc(Br)c1O. The molecule has 1 heterocycles. The topological polar surface area (TPSA) is 67.5 Å². The lowest BCUT2D eigenvalue weighted by molar-refractivity contribution is 0.471. The lowest BCUT2D eigenvalue weighted by atomic mass is 10.2. The van der Waals surface area contributed by atoms with Crippen molar-refractivity contribution in [2.75, 3.05) is 0 Å². The van der Waals surface area contributed by atoms with Crippen molar-refractivity contribution in [3.63, 3.8) is 0 Å². The van der Waals surface area contributed by atoms with Crippen LogP contribution in [0, 0.1) is 0 Å². The third kappa shape index (κ3) is 3.67. The highest BCUT2D eigenvalue weighted by Gasteiger charge is 2.10. The van der Waals surface area contributed by atoms with Crippen LogP contribution >= 0.6 is 31.9 Å². The van der Waals surface area contributed by atoms with Gasteiger partial charge in [0.15, 0.2) is 0 Å². The minimum absolute atomic E-state index is 0.0609. The number of aryl methyl sites for hydroxylation is 1. The third-order valence-electron chi connectivity index (χ3n) is 3.66. The Bertz CT molecular complexity index is 1030. The van der Waals surface area contributed by atoms with Gasteiger partial charge in [-0.3, -0.25) is 4.79 Å². The molecule has 3 aromatic rings. The van der Waals surface area contributed by atoms with Crippen LogP contribution in [-0.4, -0.2) is 21.0 Å². The lowest BCUT2D eigenvalue weighted by Crippen LogP contribution is -2.22. The van der Waals surface area contributed by atoms with Crippen LogP contribution in [0.4, 0.5) is 0 Å². The van der Waals surface area contributed by atoms with Crippen molar-refractivity contribution in [2.45, 2.75) is 19.8 Å². The molecule has 3 rings (SSSR count). The maximum Gasteiger partial charge on any atom is 0.282 e. The van der Waals surface area contributed by atoms with E-state index in [1.807, 2.05) is 19.1 Å². The van der Waals surface area contributed by atoms with Gasteiger partial charge in [0, 0.05) is 16.5 Å². The number of aromatic hydroxyl groups is 1. The summed E-state index contributed by atoms with van der Waals surface area (Å²) < 4.78 is 2.64. The van der Waals surface area contributed by atoms with Crippen LogP contribution in [0.15, 0.2) is 55.2 Å². The number of hydrogen-bond donors (Lipinski definition) is 1. The average Bonchev–Trinajstić information content (AvgIpc) is 2.59. The molecular formula is C18H15Br2N3O2. The van der Waals surface area contributed by atoms with E-state index < -0.39 is 0 Å². The number of benzene rings is 2. The molecule has 0 saturated carbocycles. The van der Waals surface area contributed by atoms with Crippen LogP contribution in [0.5, 0.6) is 5.75 Å². The van der Waals surface area contributed by atoms with Crippen molar-refractivity contribution in [1.29, 1.82) is 0 Å². The maximum absolute atomic E-state index is 12.8. The van der Waals surface area contributed by atoms with Gasteiger partial charge in [0.05, 0.1) is 21.6 Å². The highest BCUT2D eigenvalue weighted by Crippen LogP contribution is 2.30. The second-order valence-electron chi connectivity index (χ2n) is 5.48. The van der Waals surface area contributed by atoms with E-state index in [1.54, 1.807) is 24.3 Å². The van der Waals surface area contributed by atoms with Gasteiger partial charge in [0.2, 0.25) is 0 Å². The smallest absolute Gasteiger partial charge is 0.282 e. The molecule has 0 fully saturated rings. The van der Waals surface area contributed by atoms with Crippen LogP contribution in [0.25, 0.3) is 10.9 Å². The minimum Gasteiger partial charge on any atom is -0.506 e. The first-order chi connectivity index (χ1) is 12.0. The van der Waals surface area contributed by atoms with E-state index in [0.717, 1.165) is 10.9 Å². The van der Waals surface area contributed by atoms with Gasteiger partial charge in [-0.1, -0.05) is 35.0 Å². The van der Waals surface area contributed by atoms with Crippen molar-refractivity contribution in [3.05, 3.63) is 67.1 Å². The summed E-state index contributed by atoms with van der Waals surface area (Å²) in [5.74, 6) is 0.654. The van der Waals surface area contributed by atoms with Crippen LogP contribution in [-0.2, 0) is 6.42 Å². The number of halogens is 2. The number of para-hydroxylation sites is 1. The minimum atomic E-state index is -0.223. The fourth-order valence-corrected chi connectivity index (χ4v) is 3.74. The molecule has 0 aliphatic rings. The summed E-state index contributed by atoms with van der Waals surface area (Å²) in [6.07, 6.45) is 2.93. The van der Waals surface area contributed by atoms with Crippen LogP contribution in [0.1, 0.15) is 24.7 Å². The molecule has 0 aliphatic carbocycles. The summed E-state index contributed by atoms with van der Waals surface area (Å²) >= 11 is 6.66. The summed E-state index contributed by atoms with van der Waals surface area (Å²) in [7, 11) is 0. The Kier molecular flexibility index (Phi) is 5.34. The average molecular weight is 465 g/mol. The summed E-state index contributed by atoms with van der Waals surface area (Å²) in [6, 6.07) is 10.7. The Hall–Kier alpha value is -1.99. The molecule has 128 valence electrons. The maximum atomic E-state index is 12.8. The van der Waals surface area contributed by atoms with Crippen LogP contribution in [0.3, 0.4) is 0 Å². The molecule has 0 atom stereocenters. The van der Waals surface area contributed by atoms with E-state index in [9.17, 15) is 9.90 Å². The number of phenols is 1. The number of phenolic OH excluding ortho intramolecular Hbond substituents is 1. The van der Waals surface area contributed by atoms with Gasteiger partial charge < -0.3 is 5.11 Å². The normalized spacial score (nSPS) is 11.5. The second-order valence-corrected chi connectivity index (χ2v) is 7.25. The Morgan fingerprint density at radius 3 is 2.80 bits per heavy atom. The predicted molar refractivity (Wildman–Crippen MR) is 106 cm³/mol. The zero-order valence-corrected chi connectivity index (χ0v) is 16.6. The Morgan fingerprint density at radius 2 is 2.04 bits per heavy atom. The van der Waals surface area contributed by atoms with E-state index in [0.29, 0.717) is 33.2 Å². The van der Waals surface area contributed by atoms with E-state index in [4.69, 9.17) is 0 Å². The number of hydrogen-bond acceptors (Lipinski definition) is 4. The quantitative estimate of drug-likeness (QED) is 0.579. The molecule has 0 radical (unpaired) electrons. The van der Waals surface area contributed by atoms with E-state index in [2.05, 4.69) is 41.9 Å². The highest BCUT2D eigenvalue weighted by atomic mass is 79.9. The Labute approximate surface area is 161 Å². The van der Waals surface area contributed by atoms with Gasteiger partial charge >= 0.3 is 0 Å². The fraction of sp³-hybridized carbons (Fsp3) is 0.167. The van der Waals surface area contributed by atoms with Crippen molar-refractivity contribution in [3.8, 4) is 5.75 Å². The fourth-order valence-electron chi connectivity index (χ4n) is 2.48. The molecular weight excluding hydrogens is 450 g/mol. The zero-order valence-electron chi connectivity index (χ0n) is 13.4. The molecule has 5 nitrogen and oxygen atoms in total. The van der Waals surface area contributed by atoms with E-state index >= 15 is 0 Å². The predicted octanol–water partition coefficient (Wildman–Crippen LogP) is 4.46. The largest absolute Gasteiger partial charge is 0.506 e. The summed E-state index contributed by atoms with van der Waals surface area (Å²) in [6.45, 7) is 2.02. The van der Waals surface area contributed by atoms with Gasteiger partial charge in [-0.25, -0.2) is 4.98 Å². The number of rotatable bonds is 4. The molecule has 0 aliphatic heterocycles. The molecule has 1 aromatic heterocycles. The number of nitrogens with zero attached hydrogens (tertiary/aromatic N) is 3. The zero-order chi connectivity index (χ0) is 18.0. The lowest BCUT2D eigenvalue weighted by Gasteiger charge is -2.08. The summed E-state index contributed by atoms with van der Waals surface area (Å²) in [5, 5.41) is 15.0. The van der Waals surface area contributed by atoms with Crippen molar-refractivity contribution < 1.29 is 5.11 Å². The van der Waals surface area contributed by atoms with Crippen molar-refractivity contribution >= 4 is 49.0 Å². The Balaban J connectivity index is 2.16. The third-order valence-corrected chi connectivity index (χ3v) is 4.73. The first-order valence-electron chi connectivity index (χ1n) is 7.74. The van der Waals surface area contributed by atoms with Gasteiger partial charge in [0.1, 0.15) is 11.6 Å². The Morgan fingerprint density at radius 1 is 1.28 bits per heavy atom. The molecule has 0 spiro atoms. The first-order valence-corrected chi connectivity index (χ1v) is 9.33. The molecule has 0 unspecified atom stereocenters. The molecule has 0 bridgehead atoms. The van der Waals surface area contributed by atoms with Crippen LogP contribution < -0.4 is 5.56 Å². The second kappa shape index (κ2) is 7.49. The van der Waals surface area contributed by atoms with Crippen molar-refractivity contribution in [1.82, 2.24) is 9.66 Å². The summed E-state index contributed by atoms with van der Waals surface area (Å²) in [4.78, 5) is 17.4. The van der Waals surface area contributed by atoms with Gasteiger partial charge in [-0.05, 0) is 46.6 Å². The molecule has 2 aromatic carbocycles. The van der Waals surface area contributed by atoms with Crippen LogP contribution in [0.2, 0.25) is 0 Å². The first kappa shape index (κ1) is 17.8. The molecule has 0 saturated heterocycles. The molecule has 0 amide bonds. The molecule has 25 heavy (non-hydrogen) atoms. The molecule has 7 heteroatoms. The molecule has 1 N–H and O–H groups in total. The van der Waals surface area contributed by atoms with Gasteiger partial charge in [-0.15, -0.1) is 0 Å². The van der Waals surface area contributed by atoms with Gasteiger partial charge in [-0.2, -0.15) is 9.78 Å².